The molecule has 3 rings (SSSR count). The first-order valence-corrected chi connectivity index (χ1v) is 9.89. The Labute approximate surface area is 166 Å². The fraction of sp³-hybridized carbons (Fsp3) is 0.348. The summed E-state index contributed by atoms with van der Waals surface area (Å²) >= 11 is 0. The van der Waals surface area contributed by atoms with Gasteiger partial charge in [0.25, 0.3) is 5.91 Å². The molecule has 0 aromatic heterocycles. The lowest BCUT2D eigenvalue weighted by Crippen LogP contribution is -2.33. The second-order valence-corrected chi connectivity index (χ2v) is 7.29. The van der Waals surface area contributed by atoms with Gasteiger partial charge in [0.2, 0.25) is 5.91 Å². The Morgan fingerprint density at radius 2 is 1.71 bits per heavy atom. The van der Waals surface area contributed by atoms with Gasteiger partial charge in [0.1, 0.15) is 0 Å². The predicted octanol–water partition coefficient (Wildman–Crippen LogP) is 4.23. The quantitative estimate of drug-likeness (QED) is 0.740. The molecule has 5 heteroatoms. The smallest absolute Gasteiger partial charge is 0.251 e. The summed E-state index contributed by atoms with van der Waals surface area (Å²) in [6, 6.07) is 18.1. The van der Waals surface area contributed by atoms with E-state index in [1.807, 2.05) is 48.5 Å². The van der Waals surface area contributed by atoms with Gasteiger partial charge < -0.3 is 5.32 Å². The number of hydrogen-bond donors (Lipinski definition) is 2. The van der Waals surface area contributed by atoms with Crippen molar-refractivity contribution in [1.82, 2.24) is 10.7 Å². The van der Waals surface area contributed by atoms with Crippen LogP contribution in [-0.4, -0.2) is 17.5 Å². The Hall–Kier alpha value is -2.95. The van der Waals surface area contributed by atoms with Gasteiger partial charge in [0, 0.05) is 11.3 Å². The monoisotopic (exact) mass is 377 g/mol. The lowest BCUT2D eigenvalue weighted by molar-refractivity contribution is -0.121. The zero-order valence-electron chi connectivity index (χ0n) is 16.2. The van der Waals surface area contributed by atoms with Crippen LogP contribution in [0.4, 0.5) is 0 Å². The van der Waals surface area contributed by atoms with Crippen molar-refractivity contribution in [3.8, 4) is 0 Å². The molecular formula is C23H27N3O2. The summed E-state index contributed by atoms with van der Waals surface area (Å²) in [7, 11) is 0. The molecule has 2 amide bonds. The largest absolute Gasteiger partial charge is 0.345 e. The number of hydrogen-bond acceptors (Lipinski definition) is 3. The normalized spacial score (nSPS) is 19.0. The number of carbonyl (C=O) groups is 2. The van der Waals surface area contributed by atoms with Crippen molar-refractivity contribution >= 4 is 17.5 Å². The molecule has 1 aliphatic carbocycles. The van der Waals surface area contributed by atoms with Crippen LogP contribution in [0.1, 0.15) is 61.0 Å². The van der Waals surface area contributed by atoms with Gasteiger partial charge in [-0.15, -0.1) is 0 Å². The summed E-state index contributed by atoms with van der Waals surface area (Å²) in [5.41, 5.74) is 5.21. The van der Waals surface area contributed by atoms with E-state index in [4.69, 9.17) is 0 Å². The minimum Gasteiger partial charge on any atom is -0.345 e. The van der Waals surface area contributed by atoms with Gasteiger partial charge in [-0.1, -0.05) is 61.9 Å². The first-order chi connectivity index (χ1) is 13.6. The summed E-state index contributed by atoms with van der Waals surface area (Å²) in [4.78, 5) is 25.1. The number of nitrogens with one attached hydrogen (secondary N) is 2. The SMILES string of the molecule is C[C@@H]1CCCCC1=NNC(=O)C[C@H](NC(=O)c1ccccc1)c1ccccc1. The number of benzene rings is 2. The van der Waals surface area contributed by atoms with E-state index in [1.54, 1.807) is 12.1 Å². The molecule has 2 aromatic rings. The molecule has 0 aliphatic heterocycles. The number of carbonyl (C=O) groups excluding carboxylic acids is 2. The third-order valence-corrected chi connectivity index (χ3v) is 5.15. The Bertz CT molecular complexity index is 818. The maximum atomic E-state index is 12.6. The first kappa shape index (κ1) is 19.8. The van der Waals surface area contributed by atoms with Gasteiger partial charge in [-0.3, -0.25) is 9.59 Å². The highest BCUT2D eigenvalue weighted by Crippen LogP contribution is 2.21. The summed E-state index contributed by atoms with van der Waals surface area (Å²) in [5.74, 6) is 0.0127. The van der Waals surface area contributed by atoms with Crippen LogP contribution in [0.2, 0.25) is 0 Å². The van der Waals surface area contributed by atoms with E-state index in [0.717, 1.165) is 30.5 Å². The minimum atomic E-state index is -0.419. The molecule has 0 bridgehead atoms. The highest BCUT2D eigenvalue weighted by Gasteiger charge is 2.20. The van der Waals surface area contributed by atoms with E-state index in [9.17, 15) is 9.59 Å². The van der Waals surface area contributed by atoms with Crippen molar-refractivity contribution in [3.63, 3.8) is 0 Å². The maximum absolute atomic E-state index is 12.6. The van der Waals surface area contributed by atoms with Crippen LogP contribution >= 0.6 is 0 Å². The van der Waals surface area contributed by atoms with Gasteiger partial charge in [0.05, 0.1) is 12.5 Å². The Morgan fingerprint density at radius 3 is 2.39 bits per heavy atom. The minimum absolute atomic E-state index is 0.133. The molecule has 28 heavy (non-hydrogen) atoms. The summed E-state index contributed by atoms with van der Waals surface area (Å²) in [5, 5.41) is 7.33. The molecule has 1 fully saturated rings. The van der Waals surface area contributed by atoms with E-state index in [2.05, 4.69) is 22.8 Å². The lowest BCUT2D eigenvalue weighted by atomic mass is 9.89. The fourth-order valence-corrected chi connectivity index (χ4v) is 3.47. The zero-order valence-corrected chi connectivity index (χ0v) is 16.2. The zero-order chi connectivity index (χ0) is 19.8. The Morgan fingerprint density at radius 1 is 1.04 bits per heavy atom. The van der Waals surface area contributed by atoms with E-state index in [-0.39, 0.29) is 18.2 Å². The molecule has 0 radical (unpaired) electrons. The van der Waals surface area contributed by atoms with E-state index in [0.29, 0.717) is 11.5 Å². The lowest BCUT2D eigenvalue weighted by Gasteiger charge is -2.21. The van der Waals surface area contributed by atoms with Crippen LogP contribution in [0.5, 0.6) is 0 Å². The van der Waals surface area contributed by atoms with Crippen molar-refractivity contribution < 1.29 is 9.59 Å². The molecule has 0 unspecified atom stereocenters. The number of nitrogens with zero attached hydrogens (tertiary/aromatic N) is 1. The van der Waals surface area contributed by atoms with Crippen molar-refractivity contribution in [2.45, 2.75) is 45.1 Å². The second kappa shape index (κ2) is 9.83. The molecular weight excluding hydrogens is 350 g/mol. The summed E-state index contributed by atoms with van der Waals surface area (Å²) in [6.45, 7) is 2.15. The molecule has 2 aromatic carbocycles. The first-order valence-electron chi connectivity index (χ1n) is 9.89. The van der Waals surface area contributed by atoms with Crippen LogP contribution in [0, 0.1) is 5.92 Å². The van der Waals surface area contributed by atoms with Gasteiger partial charge in [-0.25, -0.2) is 5.43 Å². The van der Waals surface area contributed by atoms with Crippen molar-refractivity contribution in [2.24, 2.45) is 11.0 Å². The van der Waals surface area contributed by atoms with Crippen LogP contribution in [0.3, 0.4) is 0 Å². The van der Waals surface area contributed by atoms with E-state index in [1.165, 1.54) is 6.42 Å². The van der Waals surface area contributed by atoms with E-state index < -0.39 is 6.04 Å². The molecule has 0 saturated heterocycles. The van der Waals surface area contributed by atoms with Gasteiger partial charge in [0.15, 0.2) is 0 Å². The van der Waals surface area contributed by atoms with Gasteiger partial charge >= 0.3 is 0 Å². The molecule has 146 valence electrons. The molecule has 1 saturated carbocycles. The van der Waals surface area contributed by atoms with Crippen LogP contribution in [0.25, 0.3) is 0 Å². The highest BCUT2D eigenvalue weighted by atomic mass is 16.2. The highest BCUT2D eigenvalue weighted by molar-refractivity contribution is 5.95. The second-order valence-electron chi connectivity index (χ2n) is 7.29. The predicted molar refractivity (Wildman–Crippen MR) is 111 cm³/mol. The van der Waals surface area contributed by atoms with Gasteiger partial charge in [-0.05, 0) is 42.9 Å². The van der Waals surface area contributed by atoms with Crippen LogP contribution in [0.15, 0.2) is 65.8 Å². The maximum Gasteiger partial charge on any atom is 0.251 e. The average molecular weight is 377 g/mol. The molecule has 2 N–H and O–H groups in total. The van der Waals surface area contributed by atoms with E-state index >= 15 is 0 Å². The fourth-order valence-electron chi connectivity index (χ4n) is 3.47. The molecule has 1 aliphatic rings. The topological polar surface area (TPSA) is 70.6 Å². The number of hydrazone groups is 1. The molecule has 0 spiro atoms. The molecule has 5 nitrogen and oxygen atoms in total. The van der Waals surface area contributed by atoms with Crippen molar-refractivity contribution in [1.29, 1.82) is 0 Å². The standard InChI is InChI=1S/C23H27N3O2/c1-17-10-8-9-15-20(17)25-26-22(27)16-21(18-11-4-2-5-12-18)24-23(28)19-13-6-3-7-14-19/h2-7,11-14,17,21H,8-10,15-16H2,1H3,(H,24,28)(H,26,27)/t17-,21+/m1/s1. The van der Waals surface area contributed by atoms with Crippen LogP contribution < -0.4 is 10.7 Å². The summed E-state index contributed by atoms with van der Waals surface area (Å²) < 4.78 is 0. The average Bonchev–Trinajstić information content (AvgIpc) is 2.74. The third kappa shape index (κ3) is 5.52. The van der Waals surface area contributed by atoms with Crippen LogP contribution in [-0.2, 0) is 4.79 Å². The Kier molecular flexibility index (Phi) is 6.95. The van der Waals surface area contributed by atoms with Gasteiger partial charge in [-0.2, -0.15) is 5.10 Å². The van der Waals surface area contributed by atoms with Crippen molar-refractivity contribution in [3.05, 3.63) is 71.8 Å². The Balaban J connectivity index is 1.68. The summed E-state index contributed by atoms with van der Waals surface area (Å²) in [6.07, 6.45) is 4.53. The number of amides is 2. The molecule has 2 atom stereocenters. The van der Waals surface area contributed by atoms with Crippen molar-refractivity contribution in [2.75, 3.05) is 0 Å². The third-order valence-electron chi connectivity index (χ3n) is 5.15. The molecule has 0 heterocycles. The number of rotatable bonds is 6.